The Balaban J connectivity index is 1.71. The molecule has 1 heterocycles. The number of nitrogens with one attached hydrogen (secondary N) is 1. The zero-order valence-corrected chi connectivity index (χ0v) is 17.9. The molecule has 1 N–H and O–H groups in total. The molecule has 1 unspecified atom stereocenters. The Kier molecular flexibility index (Phi) is 5.40. The quantitative estimate of drug-likeness (QED) is 0.483. The maximum atomic E-state index is 12.9. The maximum Gasteiger partial charge on any atom is 0.252 e. The number of carbonyl (C=O) groups is 1. The lowest BCUT2D eigenvalue weighted by molar-refractivity contribution is 0.0937. The molecule has 4 rings (SSSR count). The largest absolute Gasteiger partial charge is 0.342 e. The number of fused-ring (bicyclic) bond motifs is 1. The molecule has 0 saturated heterocycles. The summed E-state index contributed by atoms with van der Waals surface area (Å²) in [6.45, 7) is 8.91. The molecular weight excluding hydrogens is 370 g/mol. The fourth-order valence-electron chi connectivity index (χ4n) is 3.90. The van der Waals surface area contributed by atoms with Gasteiger partial charge >= 0.3 is 0 Å². The standard InChI is InChI=1S/C26H27N3O/c1-17-13-14-18(2)21(15-17)16-29-24-12-8-7-11-23(24)28-25(29)20(4)27-26(30)22-10-6-5-9-19(22)3/h5-15,20H,16H2,1-4H3,(H,27,30). The third kappa shape index (κ3) is 3.86. The topological polar surface area (TPSA) is 46.9 Å². The van der Waals surface area contributed by atoms with Crippen molar-refractivity contribution in [2.24, 2.45) is 0 Å². The fraction of sp³-hybridized carbons (Fsp3) is 0.231. The van der Waals surface area contributed by atoms with E-state index < -0.39 is 0 Å². The molecule has 0 saturated carbocycles. The lowest BCUT2D eigenvalue weighted by Gasteiger charge is -2.18. The van der Waals surface area contributed by atoms with Crippen molar-refractivity contribution in [3.63, 3.8) is 0 Å². The molecule has 1 aromatic heterocycles. The predicted molar refractivity (Wildman–Crippen MR) is 122 cm³/mol. The highest BCUT2D eigenvalue weighted by Gasteiger charge is 2.20. The molecule has 1 atom stereocenters. The highest BCUT2D eigenvalue weighted by molar-refractivity contribution is 5.95. The van der Waals surface area contributed by atoms with Gasteiger partial charge in [0.2, 0.25) is 0 Å². The van der Waals surface area contributed by atoms with Gasteiger partial charge < -0.3 is 9.88 Å². The average Bonchev–Trinajstić information content (AvgIpc) is 3.09. The van der Waals surface area contributed by atoms with Gasteiger partial charge in [-0.15, -0.1) is 0 Å². The molecule has 0 spiro atoms. The van der Waals surface area contributed by atoms with Crippen molar-refractivity contribution in [2.45, 2.75) is 40.3 Å². The molecule has 30 heavy (non-hydrogen) atoms. The molecular formula is C26H27N3O. The minimum absolute atomic E-state index is 0.0778. The lowest BCUT2D eigenvalue weighted by atomic mass is 10.1. The highest BCUT2D eigenvalue weighted by atomic mass is 16.1. The van der Waals surface area contributed by atoms with Crippen molar-refractivity contribution in [1.29, 1.82) is 0 Å². The Morgan fingerprint density at radius 3 is 2.50 bits per heavy atom. The van der Waals surface area contributed by atoms with Crippen LogP contribution in [0.1, 0.15) is 51.4 Å². The summed E-state index contributed by atoms with van der Waals surface area (Å²) >= 11 is 0. The van der Waals surface area contributed by atoms with Crippen molar-refractivity contribution in [3.8, 4) is 0 Å². The summed E-state index contributed by atoms with van der Waals surface area (Å²) in [4.78, 5) is 17.8. The van der Waals surface area contributed by atoms with E-state index in [1.165, 1.54) is 16.7 Å². The Morgan fingerprint density at radius 1 is 0.967 bits per heavy atom. The van der Waals surface area contributed by atoms with E-state index in [0.29, 0.717) is 12.1 Å². The van der Waals surface area contributed by atoms with Gasteiger partial charge in [0.1, 0.15) is 5.82 Å². The van der Waals surface area contributed by atoms with E-state index in [9.17, 15) is 4.79 Å². The summed E-state index contributed by atoms with van der Waals surface area (Å²) < 4.78 is 2.22. The van der Waals surface area contributed by atoms with E-state index in [2.05, 4.69) is 48.0 Å². The first kappa shape index (κ1) is 19.9. The maximum absolute atomic E-state index is 12.9. The molecule has 4 aromatic rings. The summed E-state index contributed by atoms with van der Waals surface area (Å²) in [5, 5.41) is 3.14. The van der Waals surface area contributed by atoms with Gasteiger partial charge in [-0.3, -0.25) is 4.79 Å². The van der Waals surface area contributed by atoms with Crippen LogP contribution >= 0.6 is 0 Å². The van der Waals surface area contributed by atoms with Crippen molar-refractivity contribution < 1.29 is 4.79 Å². The summed E-state index contributed by atoms with van der Waals surface area (Å²) in [6, 6.07) is 22.1. The summed E-state index contributed by atoms with van der Waals surface area (Å²) in [7, 11) is 0. The van der Waals surface area contributed by atoms with Crippen LogP contribution in [0.25, 0.3) is 11.0 Å². The van der Waals surface area contributed by atoms with Crippen molar-refractivity contribution >= 4 is 16.9 Å². The number of aromatic nitrogens is 2. The molecule has 152 valence electrons. The number of nitrogens with zero attached hydrogens (tertiary/aromatic N) is 2. The summed E-state index contributed by atoms with van der Waals surface area (Å²) in [5.74, 6) is 0.782. The Hall–Kier alpha value is -3.40. The molecule has 4 nitrogen and oxygen atoms in total. The minimum Gasteiger partial charge on any atom is -0.342 e. The summed E-state index contributed by atoms with van der Waals surface area (Å²) in [6.07, 6.45) is 0. The molecule has 0 bridgehead atoms. The Bertz CT molecular complexity index is 1220. The molecule has 1 amide bonds. The second kappa shape index (κ2) is 8.15. The van der Waals surface area contributed by atoms with Crippen LogP contribution < -0.4 is 5.32 Å². The van der Waals surface area contributed by atoms with Crippen LogP contribution in [-0.4, -0.2) is 15.5 Å². The first-order valence-corrected chi connectivity index (χ1v) is 10.3. The molecule has 3 aromatic carbocycles. The first-order valence-electron chi connectivity index (χ1n) is 10.3. The Labute approximate surface area is 177 Å². The smallest absolute Gasteiger partial charge is 0.252 e. The zero-order valence-electron chi connectivity index (χ0n) is 17.9. The van der Waals surface area contributed by atoms with E-state index in [1.54, 1.807) is 0 Å². The number of rotatable bonds is 5. The minimum atomic E-state index is -0.227. The number of para-hydroxylation sites is 2. The van der Waals surface area contributed by atoms with Crippen molar-refractivity contribution in [2.75, 3.05) is 0 Å². The van der Waals surface area contributed by atoms with Gasteiger partial charge in [0, 0.05) is 12.1 Å². The second-order valence-corrected chi connectivity index (χ2v) is 7.98. The molecule has 0 aliphatic carbocycles. The van der Waals surface area contributed by atoms with Crippen LogP contribution in [0.15, 0.2) is 66.7 Å². The number of hydrogen-bond donors (Lipinski definition) is 1. The van der Waals surface area contributed by atoms with Crippen LogP contribution in [-0.2, 0) is 6.54 Å². The van der Waals surface area contributed by atoms with Crippen LogP contribution in [0.2, 0.25) is 0 Å². The second-order valence-electron chi connectivity index (χ2n) is 7.98. The van der Waals surface area contributed by atoms with Crippen LogP contribution in [0, 0.1) is 20.8 Å². The molecule has 0 radical (unpaired) electrons. The number of imidazole rings is 1. The van der Waals surface area contributed by atoms with E-state index in [1.807, 2.05) is 56.3 Å². The molecule has 0 aliphatic rings. The number of amides is 1. The predicted octanol–water partition coefficient (Wildman–Crippen LogP) is 5.50. The molecule has 4 heteroatoms. The van der Waals surface area contributed by atoms with E-state index in [4.69, 9.17) is 4.98 Å². The van der Waals surface area contributed by atoms with Gasteiger partial charge in [-0.05, 0) is 62.6 Å². The van der Waals surface area contributed by atoms with Crippen molar-refractivity contribution in [3.05, 3.63) is 100 Å². The third-order valence-electron chi connectivity index (χ3n) is 5.64. The normalized spacial score (nSPS) is 12.1. The van der Waals surface area contributed by atoms with E-state index in [-0.39, 0.29) is 11.9 Å². The van der Waals surface area contributed by atoms with Gasteiger partial charge in [0.05, 0.1) is 17.1 Å². The van der Waals surface area contributed by atoms with Gasteiger partial charge in [-0.2, -0.15) is 0 Å². The Morgan fingerprint density at radius 2 is 1.70 bits per heavy atom. The monoisotopic (exact) mass is 397 g/mol. The van der Waals surface area contributed by atoms with E-state index >= 15 is 0 Å². The highest BCUT2D eigenvalue weighted by Crippen LogP contribution is 2.24. The number of hydrogen-bond acceptors (Lipinski definition) is 2. The lowest BCUT2D eigenvalue weighted by Crippen LogP contribution is -2.29. The van der Waals surface area contributed by atoms with Gasteiger partial charge in [-0.1, -0.05) is 54.1 Å². The van der Waals surface area contributed by atoms with Crippen LogP contribution in [0.4, 0.5) is 0 Å². The fourth-order valence-corrected chi connectivity index (χ4v) is 3.90. The number of carbonyl (C=O) groups excluding carboxylic acids is 1. The summed E-state index contributed by atoms with van der Waals surface area (Å²) in [5.41, 5.74) is 7.42. The number of benzene rings is 3. The van der Waals surface area contributed by atoms with Crippen LogP contribution in [0.3, 0.4) is 0 Å². The molecule has 0 aliphatic heterocycles. The van der Waals surface area contributed by atoms with E-state index in [0.717, 1.165) is 22.4 Å². The van der Waals surface area contributed by atoms with Gasteiger partial charge in [0.15, 0.2) is 0 Å². The van der Waals surface area contributed by atoms with Crippen molar-refractivity contribution in [1.82, 2.24) is 14.9 Å². The number of aryl methyl sites for hydroxylation is 3. The van der Waals surface area contributed by atoms with Gasteiger partial charge in [-0.25, -0.2) is 4.98 Å². The zero-order chi connectivity index (χ0) is 21.3. The van der Waals surface area contributed by atoms with Gasteiger partial charge in [0.25, 0.3) is 5.91 Å². The third-order valence-corrected chi connectivity index (χ3v) is 5.64. The molecule has 0 fully saturated rings. The average molecular weight is 398 g/mol. The first-order chi connectivity index (χ1) is 14.4. The van der Waals surface area contributed by atoms with Crippen LogP contribution in [0.5, 0.6) is 0 Å². The SMILES string of the molecule is Cc1ccc(C)c(Cn2c(C(C)NC(=O)c3ccccc3C)nc3ccccc32)c1.